The smallest absolute Gasteiger partial charge is 0.334 e. The largest absolute Gasteiger partial charge is 0.373 e. The fourth-order valence-electron chi connectivity index (χ4n) is 2.46. The number of rotatable bonds is 4. The van der Waals surface area contributed by atoms with E-state index in [0.29, 0.717) is 11.4 Å². The zero-order chi connectivity index (χ0) is 18.8. The highest BCUT2D eigenvalue weighted by atomic mass is 16.6. The molecule has 0 spiro atoms. The van der Waals surface area contributed by atoms with Crippen LogP contribution in [0.4, 0.5) is 22.7 Å². The first kappa shape index (κ1) is 16.9. The minimum atomic E-state index is -0.915. The second-order valence-corrected chi connectivity index (χ2v) is 5.49. The van der Waals surface area contributed by atoms with Crippen molar-refractivity contribution >= 4 is 28.7 Å². The van der Waals surface area contributed by atoms with Crippen molar-refractivity contribution in [1.82, 2.24) is 0 Å². The van der Waals surface area contributed by atoms with Crippen molar-refractivity contribution in [3.8, 4) is 0 Å². The number of non-ortho nitro benzene ring substituents is 1. The van der Waals surface area contributed by atoms with E-state index in [-0.39, 0.29) is 17.2 Å². The number of benzene rings is 2. The molecular formula is C16H13N5O5. The Morgan fingerprint density at radius 1 is 1.04 bits per heavy atom. The summed E-state index contributed by atoms with van der Waals surface area (Å²) in [6.07, 6.45) is 0. The third kappa shape index (κ3) is 3.15. The molecule has 2 aromatic carbocycles. The van der Waals surface area contributed by atoms with Crippen molar-refractivity contribution in [3.05, 3.63) is 79.8 Å². The number of hydrogen-bond acceptors (Lipinski definition) is 7. The van der Waals surface area contributed by atoms with Gasteiger partial charge in [-0.2, -0.15) is 0 Å². The summed E-state index contributed by atoms with van der Waals surface area (Å²) in [5.41, 5.74) is 0.965. The van der Waals surface area contributed by atoms with E-state index in [9.17, 15) is 25.0 Å². The number of fused-ring (bicyclic) bond motifs is 1. The van der Waals surface area contributed by atoms with Crippen LogP contribution >= 0.6 is 0 Å². The van der Waals surface area contributed by atoms with E-state index in [1.54, 1.807) is 31.2 Å². The van der Waals surface area contributed by atoms with Gasteiger partial charge in [0, 0.05) is 17.8 Å². The number of anilines is 3. The Morgan fingerprint density at radius 3 is 2.38 bits per heavy atom. The molecule has 26 heavy (non-hydrogen) atoms. The zero-order valence-corrected chi connectivity index (χ0v) is 13.5. The van der Waals surface area contributed by atoms with Gasteiger partial charge < -0.3 is 16.0 Å². The molecule has 0 saturated heterocycles. The van der Waals surface area contributed by atoms with Gasteiger partial charge in [0.15, 0.2) is 5.82 Å². The van der Waals surface area contributed by atoms with Crippen molar-refractivity contribution in [3.63, 3.8) is 0 Å². The predicted molar refractivity (Wildman–Crippen MR) is 94.2 cm³/mol. The predicted octanol–water partition coefficient (Wildman–Crippen LogP) is 2.83. The van der Waals surface area contributed by atoms with E-state index >= 15 is 0 Å². The second kappa shape index (κ2) is 6.51. The van der Waals surface area contributed by atoms with Gasteiger partial charge in [-0.3, -0.25) is 25.0 Å². The molecule has 0 bridgehead atoms. The van der Waals surface area contributed by atoms with Crippen LogP contribution in [-0.2, 0) is 4.79 Å². The number of hydrogen-bond donors (Lipinski definition) is 3. The van der Waals surface area contributed by atoms with Gasteiger partial charge in [-0.15, -0.1) is 0 Å². The van der Waals surface area contributed by atoms with Gasteiger partial charge in [0.25, 0.3) is 5.69 Å². The molecule has 3 rings (SSSR count). The summed E-state index contributed by atoms with van der Waals surface area (Å²) in [4.78, 5) is 33.3. The molecule has 0 aromatic heterocycles. The van der Waals surface area contributed by atoms with Crippen LogP contribution in [0.1, 0.15) is 5.56 Å². The summed E-state index contributed by atoms with van der Waals surface area (Å²) in [6, 6.07) is 10.8. The van der Waals surface area contributed by atoms with Crippen LogP contribution in [0.2, 0.25) is 0 Å². The Morgan fingerprint density at radius 2 is 1.73 bits per heavy atom. The quantitative estimate of drug-likeness (QED) is 0.435. The first-order valence-corrected chi connectivity index (χ1v) is 7.45. The highest BCUT2D eigenvalue weighted by Gasteiger charge is 2.32. The lowest BCUT2D eigenvalue weighted by molar-refractivity contribution is -0.419. The van der Waals surface area contributed by atoms with Gasteiger partial charge in [-0.1, -0.05) is 18.2 Å². The fraction of sp³-hybridized carbons (Fsp3) is 0.0625. The molecule has 0 fully saturated rings. The topological polar surface area (TPSA) is 139 Å². The fourth-order valence-corrected chi connectivity index (χ4v) is 2.46. The molecular weight excluding hydrogens is 342 g/mol. The third-order valence-electron chi connectivity index (χ3n) is 3.76. The third-order valence-corrected chi connectivity index (χ3v) is 3.76. The maximum absolute atomic E-state index is 12.4. The number of aryl methyl sites for hydroxylation is 1. The minimum absolute atomic E-state index is 0.156. The molecule has 132 valence electrons. The molecule has 1 amide bonds. The Labute approximate surface area is 146 Å². The number of para-hydroxylation sites is 1. The summed E-state index contributed by atoms with van der Waals surface area (Å²) in [5, 5.41) is 30.1. The number of nitro benzene ring substituents is 1. The number of carbonyl (C=O) groups excluding carboxylic acids is 1. The van der Waals surface area contributed by atoms with Crippen molar-refractivity contribution < 1.29 is 14.6 Å². The molecule has 10 heteroatoms. The van der Waals surface area contributed by atoms with Gasteiger partial charge in [-0.25, -0.2) is 0 Å². The molecule has 0 unspecified atom stereocenters. The maximum atomic E-state index is 12.4. The van der Waals surface area contributed by atoms with Crippen LogP contribution < -0.4 is 16.0 Å². The highest BCUT2D eigenvalue weighted by Crippen LogP contribution is 2.34. The molecule has 1 heterocycles. The van der Waals surface area contributed by atoms with Crippen molar-refractivity contribution in [2.24, 2.45) is 0 Å². The Kier molecular flexibility index (Phi) is 4.23. The van der Waals surface area contributed by atoms with Crippen LogP contribution in [0.5, 0.6) is 0 Å². The first-order chi connectivity index (χ1) is 12.4. The van der Waals surface area contributed by atoms with E-state index in [0.717, 1.165) is 5.56 Å². The lowest BCUT2D eigenvalue weighted by atomic mass is 10.2. The standard InChI is InChI=1S/C16H13N5O5/c1-9-4-2-3-5-11(9)19-16(22)14(21(25)26)15-17-12-7-6-10(20(23)24)8-13(12)18-15/h2-8,17-18H,1H3,(H,19,22). The first-order valence-electron chi connectivity index (χ1n) is 7.45. The molecule has 1 aliphatic heterocycles. The molecule has 0 radical (unpaired) electrons. The second-order valence-electron chi connectivity index (χ2n) is 5.49. The van der Waals surface area contributed by atoms with Gasteiger partial charge >= 0.3 is 11.6 Å². The van der Waals surface area contributed by atoms with Crippen LogP contribution in [0, 0.1) is 27.2 Å². The average molecular weight is 355 g/mol. The number of nitrogens with zero attached hydrogens (tertiary/aromatic N) is 2. The van der Waals surface area contributed by atoms with E-state index in [1.807, 2.05) is 0 Å². The molecule has 0 atom stereocenters. The highest BCUT2D eigenvalue weighted by molar-refractivity contribution is 6.04. The van der Waals surface area contributed by atoms with Gasteiger partial charge in [0.2, 0.25) is 0 Å². The zero-order valence-electron chi connectivity index (χ0n) is 13.5. The Bertz CT molecular complexity index is 969. The van der Waals surface area contributed by atoms with Crippen molar-refractivity contribution in [2.45, 2.75) is 6.92 Å². The Hall–Kier alpha value is -3.95. The SMILES string of the molecule is Cc1ccccc1NC(=O)C(=C1Nc2ccc([N+](=O)[O-])cc2N1)[N+](=O)[O-]. The van der Waals surface area contributed by atoms with Crippen LogP contribution in [0.25, 0.3) is 0 Å². The summed E-state index contributed by atoms with van der Waals surface area (Å²) in [5.74, 6) is -1.07. The minimum Gasteiger partial charge on any atom is -0.334 e. The van der Waals surface area contributed by atoms with Crippen LogP contribution in [-0.4, -0.2) is 15.8 Å². The van der Waals surface area contributed by atoms with Gasteiger partial charge in [-0.05, 0) is 24.6 Å². The molecule has 0 saturated carbocycles. The number of amides is 1. The summed E-state index contributed by atoms with van der Waals surface area (Å²) in [7, 11) is 0. The number of nitrogens with one attached hydrogen (secondary N) is 3. The summed E-state index contributed by atoms with van der Waals surface area (Å²) >= 11 is 0. The van der Waals surface area contributed by atoms with Crippen molar-refractivity contribution in [1.29, 1.82) is 0 Å². The number of carbonyl (C=O) groups is 1. The van der Waals surface area contributed by atoms with Crippen molar-refractivity contribution in [2.75, 3.05) is 16.0 Å². The molecule has 1 aliphatic rings. The van der Waals surface area contributed by atoms with Crippen LogP contribution in [0.3, 0.4) is 0 Å². The maximum Gasteiger partial charge on any atom is 0.373 e. The lowest BCUT2D eigenvalue weighted by Crippen LogP contribution is -2.25. The van der Waals surface area contributed by atoms with E-state index in [1.165, 1.54) is 18.2 Å². The average Bonchev–Trinajstić information content (AvgIpc) is 2.98. The molecule has 10 nitrogen and oxygen atoms in total. The molecule has 0 aliphatic carbocycles. The van der Waals surface area contributed by atoms with E-state index in [4.69, 9.17) is 0 Å². The summed E-state index contributed by atoms with van der Waals surface area (Å²) in [6.45, 7) is 1.76. The number of nitro groups is 2. The van der Waals surface area contributed by atoms with Crippen LogP contribution in [0.15, 0.2) is 54.0 Å². The lowest BCUT2D eigenvalue weighted by Gasteiger charge is -2.08. The van der Waals surface area contributed by atoms with Gasteiger partial charge in [0.1, 0.15) is 0 Å². The molecule has 2 aromatic rings. The monoisotopic (exact) mass is 355 g/mol. The van der Waals surface area contributed by atoms with Gasteiger partial charge in [0.05, 0.1) is 21.2 Å². The normalized spacial score (nSPS) is 13.9. The Balaban J connectivity index is 1.93. The van der Waals surface area contributed by atoms with E-state index < -0.39 is 21.5 Å². The molecule has 3 N–H and O–H groups in total. The van der Waals surface area contributed by atoms with E-state index in [2.05, 4.69) is 16.0 Å². The summed E-state index contributed by atoms with van der Waals surface area (Å²) < 4.78 is 0.